The van der Waals surface area contributed by atoms with Crippen LogP contribution in [0.3, 0.4) is 0 Å². The molecule has 5 N–H and O–H groups in total. The maximum absolute atomic E-state index is 11.5. The minimum Gasteiger partial charge on any atom is -0.461 e. The number of aliphatic hydroxyl groups is 5. The van der Waals surface area contributed by atoms with E-state index in [1.165, 1.54) is 0 Å². The molecule has 1 heterocycles. The lowest BCUT2D eigenvalue weighted by atomic mass is 9.92. The fraction of sp³-hybridized carbons (Fsp3) is 0.909. The van der Waals surface area contributed by atoms with E-state index in [1.54, 1.807) is 13.8 Å². The molecule has 1 aliphatic heterocycles. The van der Waals surface area contributed by atoms with E-state index in [9.17, 15) is 25.2 Å². The predicted molar refractivity (Wildman–Crippen MR) is 61.0 cm³/mol. The molecular formula is C11H20O8. The van der Waals surface area contributed by atoms with Gasteiger partial charge in [-0.2, -0.15) is 0 Å². The van der Waals surface area contributed by atoms with Crippen LogP contribution in [0.4, 0.5) is 0 Å². The molecule has 1 rings (SSSR count). The van der Waals surface area contributed by atoms with Crippen LogP contribution in [-0.4, -0.2) is 80.8 Å². The van der Waals surface area contributed by atoms with E-state index in [-0.39, 0.29) is 0 Å². The van der Waals surface area contributed by atoms with Crippen LogP contribution in [0.25, 0.3) is 0 Å². The zero-order valence-electron chi connectivity index (χ0n) is 10.7. The van der Waals surface area contributed by atoms with Crippen LogP contribution >= 0.6 is 0 Å². The van der Waals surface area contributed by atoms with Crippen molar-refractivity contribution in [1.29, 1.82) is 0 Å². The van der Waals surface area contributed by atoms with Crippen molar-refractivity contribution in [1.82, 2.24) is 0 Å². The number of hydrogen-bond acceptors (Lipinski definition) is 8. The van der Waals surface area contributed by atoms with Crippen LogP contribution in [0.2, 0.25) is 0 Å². The lowest BCUT2D eigenvalue weighted by molar-refractivity contribution is -0.251. The molecule has 0 aromatic carbocycles. The molecular weight excluding hydrogens is 260 g/mol. The first-order chi connectivity index (χ1) is 8.79. The van der Waals surface area contributed by atoms with Gasteiger partial charge in [0.25, 0.3) is 0 Å². The Morgan fingerprint density at radius 1 is 1.21 bits per heavy atom. The maximum atomic E-state index is 11.5. The van der Waals surface area contributed by atoms with E-state index >= 15 is 0 Å². The fourth-order valence-corrected chi connectivity index (χ4v) is 1.83. The quantitative estimate of drug-likeness (QED) is 0.347. The Kier molecular flexibility index (Phi) is 5.65. The van der Waals surface area contributed by atoms with E-state index in [1.807, 2.05) is 0 Å². The molecule has 0 aromatic heterocycles. The smallest absolute Gasteiger partial charge is 0.338 e. The summed E-state index contributed by atoms with van der Waals surface area (Å²) in [4.78, 5) is 11.5. The zero-order chi connectivity index (χ0) is 14.7. The summed E-state index contributed by atoms with van der Waals surface area (Å²) < 4.78 is 9.79. The number of esters is 1. The summed E-state index contributed by atoms with van der Waals surface area (Å²) in [6, 6.07) is 0. The predicted octanol–water partition coefficient (Wildman–Crippen LogP) is -2.86. The molecule has 0 amide bonds. The van der Waals surface area contributed by atoms with Gasteiger partial charge in [-0.15, -0.1) is 0 Å². The van der Waals surface area contributed by atoms with Crippen molar-refractivity contribution in [2.24, 2.45) is 0 Å². The lowest BCUT2D eigenvalue weighted by Crippen LogP contribution is -2.62. The molecule has 6 atom stereocenters. The number of aliphatic hydroxyl groups excluding tert-OH is 5. The first-order valence-electron chi connectivity index (χ1n) is 5.98. The zero-order valence-corrected chi connectivity index (χ0v) is 10.7. The van der Waals surface area contributed by atoms with Crippen molar-refractivity contribution in [2.75, 3.05) is 6.61 Å². The Balaban J connectivity index is 2.77. The van der Waals surface area contributed by atoms with E-state index in [0.717, 1.165) is 0 Å². The maximum Gasteiger partial charge on any atom is 0.338 e. The molecule has 0 aliphatic carbocycles. The third kappa shape index (κ3) is 3.62. The largest absolute Gasteiger partial charge is 0.461 e. The highest BCUT2D eigenvalue weighted by Crippen LogP contribution is 2.23. The highest BCUT2D eigenvalue weighted by molar-refractivity contribution is 5.75. The first-order valence-corrected chi connectivity index (χ1v) is 5.98. The normalized spacial score (nSPS) is 37.2. The molecule has 0 saturated carbocycles. The van der Waals surface area contributed by atoms with Crippen LogP contribution < -0.4 is 0 Å². The monoisotopic (exact) mass is 280 g/mol. The van der Waals surface area contributed by atoms with Gasteiger partial charge in [0.15, 0.2) is 6.10 Å². The Morgan fingerprint density at radius 2 is 1.79 bits per heavy atom. The summed E-state index contributed by atoms with van der Waals surface area (Å²) in [6.45, 7) is 2.53. The summed E-state index contributed by atoms with van der Waals surface area (Å²) in [6.07, 6.45) is -9.80. The second-order valence-corrected chi connectivity index (χ2v) is 4.72. The first kappa shape index (κ1) is 16.3. The second-order valence-electron chi connectivity index (χ2n) is 4.72. The number of rotatable bonds is 4. The Morgan fingerprint density at radius 3 is 2.26 bits per heavy atom. The van der Waals surface area contributed by atoms with Crippen LogP contribution in [0.5, 0.6) is 0 Å². The van der Waals surface area contributed by atoms with Gasteiger partial charge in [0.05, 0.1) is 12.7 Å². The van der Waals surface area contributed by atoms with Crippen molar-refractivity contribution in [3.63, 3.8) is 0 Å². The number of carbonyl (C=O) groups is 1. The summed E-state index contributed by atoms with van der Waals surface area (Å²) in [5, 5.41) is 47.5. The molecule has 112 valence electrons. The number of ether oxygens (including phenoxy) is 2. The van der Waals surface area contributed by atoms with Gasteiger partial charge in [-0.3, -0.25) is 0 Å². The molecule has 1 aliphatic rings. The van der Waals surface area contributed by atoms with E-state index < -0.39 is 55.3 Å². The molecule has 19 heavy (non-hydrogen) atoms. The van der Waals surface area contributed by atoms with Crippen molar-refractivity contribution in [2.45, 2.75) is 56.6 Å². The molecule has 0 radical (unpaired) electrons. The molecule has 0 bridgehead atoms. The summed E-state index contributed by atoms with van der Waals surface area (Å²) in [7, 11) is 0. The fourth-order valence-electron chi connectivity index (χ4n) is 1.83. The van der Waals surface area contributed by atoms with Crippen LogP contribution in [0.1, 0.15) is 13.8 Å². The average molecular weight is 280 g/mol. The van der Waals surface area contributed by atoms with Gasteiger partial charge in [0.1, 0.15) is 30.5 Å². The van der Waals surface area contributed by atoms with Crippen LogP contribution in [0.15, 0.2) is 0 Å². The molecule has 8 heteroatoms. The van der Waals surface area contributed by atoms with E-state index in [0.29, 0.717) is 0 Å². The number of carbonyl (C=O) groups excluding carboxylic acids is 1. The van der Waals surface area contributed by atoms with Crippen molar-refractivity contribution >= 4 is 5.97 Å². The van der Waals surface area contributed by atoms with Crippen molar-refractivity contribution < 1.29 is 39.8 Å². The third-order valence-electron chi connectivity index (χ3n) is 2.83. The minimum absolute atomic E-state index is 0.466. The molecule has 1 fully saturated rings. The molecule has 0 spiro atoms. The van der Waals surface area contributed by atoms with Gasteiger partial charge in [0, 0.05) is 0 Å². The van der Waals surface area contributed by atoms with Gasteiger partial charge in [0.2, 0.25) is 0 Å². The second kappa shape index (κ2) is 6.60. The minimum atomic E-state index is -1.83. The van der Waals surface area contributed by atoms with Gasteiger partial charge >= 0.3 is 5.97 Å². The molecule has 1 saturated heterocycles. The van der Waals surface area contributed by atoms with Crippen molar-refractivity contribution in [3.05, 3.63) is 0 Å². The van der Waals surface area contributed by atoms with Gasteiger partial charge in [-0.25, -0.2) is 4.79 Å². The average Bonchev–Trinajstić information content (AvgIpc) is 2.35. The topological polar surface area (TPSA) is 137 Å². The Labute approximate surface area is 110 Å². The third-order valence-corrected chi connectivity index (χ3v) is 2.83. The summed E-state index contributed by atoms with van der Waals surface area (Å²) >= 11 is 0. The van der Waals surface area contributed by atoms with Crippen LogP contribution in [0, 0.1) is 0 Å². The highest BCUT2D eigenvalue weighted by Gasteiger charge is 2.48. The van der Waals surface area contributed by atoms with Gasteiger partial charge in [-0.1, -0.05) is 0 Å². The Bertz CT molecular complexity index is 305. The van der Waals surface area contributed by atoms with Gasteiger partial charge < -0.3 is 35.0 Å². The van der Waals surface area contributed by atoms with E-state index in [4.69, 9.17) is 14.6 Å². The highest BCUT2D eigenvalue weighted by atomic mass is 16.6. The van der Waals surface area contributed by atoms with E-state index in [2.05, 4.69) is 0 Å². The molecule has 8 nitrogen and oxygen atoms in total. The number of hydrogen-bond donors (Lipinski definition) is 5. The summed E-state index contributed by atoms with van der Waals surface area (Å²) in [5.41, 5.74) is 0. The van der Waals surface area contributed by atoms with Crippen LogP contribution in [-0.2, 0) is 14.3 Å². The molecule has 2 unspecified atom stereocenters. The SMILES string of the molecule is CC(C)OC(=O)C(O)C1O[C@H](CO)[C@H](O)[C@H](O)[C@H]1O. The van der Waals surface area contributed by atoms with Crippen molar-refractivity contribution in [3.8, 4) is 0 Å². The van der Waals surface area contributed by atoms with Gasteiger partial charge in [-0.05, 0) is 13.8 Å². The Hall–Kier alpha value is -0.770. The summed E-state index contributed by atoms with van der Waals surface area (Å²) in [5.74, 6) is -1.01. The lowest BCUT2D eigenvalue weighted by Gasteiger charge is -2.41. The molecule has 0 aromatic rings. The standard InChI is InChI=1S/C11H20O8/c1-4(2)18-11(17)9(16)10-8(15)7(14)6(13)5(3-12)19-10/h4-10,12-16H,3H2,1-2H3/t5-,6+,7+,8-,9?,10?/m1/s1.